The quantitative estimate of drug-likeness (QED) is 0.549. The Labute approximate surface area is 157 Å². The maximum absolute atomic E-state index is 12.8. The van der Waals surface area contributed by atoms with Crippen LogP contribution in [0.5, 0.6) is 11.6 Å². The smallest absolute Gasteiger partial charge is 0.362 e. The van der Waals surface area contributed by atoms with E-state index in [1.54, 1.807) is 7.05 Å². The highest BCUT2D eigenvalue weighted by atomic mass is 32.2. The van der Waals surface area contributed by atoms with Crippen LogP contribution in [0.1, 0.15) is 20.3 Å². The first-order chi connectivity index (χ1) is 12.2. The second-order valence-electron chi connectivity index (χ2n) is 5.85. The van der Waals surface area contributed by atoms with Crippen molar-refractivity contribution in [3.8, 4) is 11.6 Å². The van der Waals surface area contributed by atoms with Gasteiger partial charge < -0.3 is 14.6 Å². The summed E-state index contributed by atoms with van der Waals surface area (Å²) in [5.41, 5.74) is 0.143. The Balaban J connectivity index is 1.87. The van der Waals surface area contributed by atoms with Crippen LogP contribution < -0.4 is 9.47 Å². The van der Waals surface area contributed by atoms with Crippen molar-refractivity contribution in [1.29, 1.82) is 0 Å². The van der Waals surface area contributed by atoms with Gasteiger partial charge in [0, 0.05) is 19.7 Å². The zero-order valence-corrected chi connectivity index (χ0v) is 16.0. The van der Waals surface area contributed by atoms with Gasteiger partial charge in [-0.1, -0.05) is 11.8 Å². The lowest BCUT2D eigenvalue weighted by molar-refractivity contribution is -0.148. The number of rotatable bonds is 6. The number of hydrogen-bond donors (Lipinski definition) is 1. The number of aromatic nitrogens is 2. The van der Waals surface area contributed by atoms with Crippen molar-refractivity contribution in [2.24, 2.45) is 7.05 Å². The maximum atomic E-state index is 12.8. The molecule has 1 atom stereocenters. The van der Waals surface area contributed by atoms with Crippen molar-refractivity contribution in [2.45, 2.75) is 25.1 Å². The summed E-state index contributed by atoms with van der Waals surface area (Å²) in [6, 6.07) is 0. The third-order valence-electron chi connectivity index (χ3n) is 3.66. The van der Waals surface area contributed by atoms with Crippen LogP contribution in [-0.4, -0.2) is 54.9 Å². The monoisotopic (exact) mass is 399 g/mol. The molecule has 1 fully saturated rings. The van der Waals surface area contributed by atoms with Crippen LogP contribution in [0.25, 0.3) is 0 Å². The molecular weight excluding hydrogens is 382 g/mol. The standard InChI is InChI=1S/C15H17N3O6S2/c1-8(20)23-12-9(7-17(3)16-12)24-13(22)11-14(25-5-4-19)26-15(2)6-10(21)18(11)15/h7,19H,4-6H2,1-3H3/t15-/m1/s1. The predicted molar refractivity (Wildman–Crippen MR) is 94.2 cm³/mol. The molecule has 3 rings (SSSR count). The van der Waals surface area contributed by atoms with Crippen LogP contribution in [0, 0.1) is 0 Å². The molecule has 0 unspecified atom stereocenters. The van der Waals surface area contributed by atoms with Crippen LogP contribution in [0.3, 0.4) is 0 Å². The lowest BCUT2D eigenvalue weighted by Gasteiger charge is -2.44. The average molecular weight is 399 g/mol. The van der Waals surface area contributed by atoms with E-state index in [9.17, 15) is 14.4 Å². The largest absolute Gasteiger partial charge is 0.414 e. The average Bonchev–Trinajstić information content (AvgIpc) is 2.98. The summed E-state index contributed by atoms with van der Waals surface area (Å²) in [6.07, 6.45) is 1.72. The highest BCUT2D eigenvalue weighted by Crippen LogP contribution is 2.57. The Bertz CT molecular complexity index is 820. The van der Waals surface area contributed by atoms with E-state index in [4.69, 9.17) is 14.6 Å². The lowest BCUT2D eigenvalue weighted by atomic mass is 10.0. The molecule has 3 heterocycles. The minimum Gasteiger partial charge on any atom is -0.414 e. The number of ether oxygens (including phenoxy) is 2. The molecule has 140 valence electrons. The van der Waals surface area contributed by atoms with Gasteiger partial charge in [0.2, 0.25) is 11.7 Å². The van der Waals surface area contributed by atoms with Crippen molar-refractivity contribution in [3.63, 3.8) is 0 Å². The normalized spacial score (nSPS) is 21.5. The number of carbonyl (C=O) groups excluding carboxylic acids is 3. The summed E-state index contributed by atoms with van der Waals surface area (Å²) < 4.78 is 12.3. The van der Waals surface area contributed by atoms with E-state index in [0.29, 0.717) is 16.4 Å². The number of aliphatic hydroxyl groups excluding tert-OH is 1. The second-order valence-corrected chi connectivity index (χ2v) is 8.70. The maximum Gasteiger partial charge on any atom is 0.362 e. The number of nitrogens with zero attached hydrogens (tertiary/aromatic N) is 3. The predicted octanol–water partition coefficient (Wildman–Crippen LogP) is 0.841. The topological polar surface area (TPSA) is 111 Å². The van der Waals surface area contributed by atoms with E-state index >= 15 is 0 Å². The summed E-state index contributed by atoms with van der Waals surface area (Å²) in [4.78, 5) is 36.9. The molecule has 1 amide bonds. The van der Waals surface area contributed by atoms with Gasteiger partial charge in [-0.25, -0.2) is 4.79 Å². The molecule has 2 aliphatic rings. The zero-order valence-electron chi connectivity index (χ0n) is 14.3. The summed E-state index contributed by atoms with van der Waals surface area (Å²) >= 11 is 2.69. The Kier molecular flexibility index (Phi) is 5.04. The van der Waals surface area contributed by atoms with Crippen LogP contribution in [0.15, 0.2) is 16.1 Å². The number of hydrogen-bond acceptors (Lipinski definition) is 9. The van der Waals surface area contributed by atoms with Gasteiger partial charge in [-0.2, -0.15) is 0 Å². The summed E-state index contributed by atoms with van der Waals surface area (Å²) in [5.74, 6) is -1.25. The Morgan fingerprint density at radius 2 is 2.19 bits per heavy atom. The van der Waals surface area contributed by atoms with E-state index in [-0.39, 0.29) is 29.8 Å². The van der Waals surface area contributed by atoms with Crippen molar-refractivity contribution >= 4 is 41.4 Å². The van der Waals surface area contributed by atoms with E-state index in [0.717, 1.165) is 0 Å². The van der Waals surface area contributed by atoms with E-state index in [1.807, 2.05) is 6.92 Å². The first kappa shape index (κ1) is 18.8. The van der Waals surface area contributed by atoms with Crippen LogP contribution in [-0.2, 0) is 21.4 Å². The molecule has 9 nitrogen and oxygen atoms in total. The van der Waals surface area contributed by atoms with Crippen LogP contribution >= 0.6 is 23.5 Å². The van der Waals surface area contributed by atoms with Gasteiger partial charge in [-0.05, 0) is 6.92 Å². The van der Waals surface area contributed by atoms with Gasteiger partial charge in [0.05, 0.1) is 23.5 Å². The third-order valence-corrected chi connectivity index (χ3v) is 6.25. The number of fused-ring (bicyclic) bond motifs is 1. The molecular formula is C15H17N3O6S2. The molecule has 11 heteroatoms. The van der Waals surface area contributed by atoms with E-state index < -0.39 is 16.8 Å². The van der Waals surface area contributed by atoms with Gasteiger partial charge in [-0.3, -0.25) is 19.2 Å². The molecule has 0 bridgehead atoms. The number of aliphatic hydroxyl groups is 1. The molecule has 1 aromatic rings. The van der Waals surface area contributed by atoms with Gasteiger partial charge in [0.15, 0.2) is 5.70 Å². The summed E-state index contributed by atoms with van der Waals surface area (Å²) in [6.45, 7) is 3.03. The van der Waals surface area contributed by atoms with E-state index in [2.05, 4.69) is 5.10 Å². The van der Waals surface area contributed by atoms with Crippen LogP contribution in [0.4, 0.5) is 0 Å². The molecule has 1 N–H and O–H groups in total. The number of β-lactam (4-membered cyclic amide) rings is 1. The second kappa shape index (κ2) is 6.97. The highest BCUT2D eigenvalue weighted by Gasteiger charge is 2.57. The van der Waals surface area contributed by atoms with Gasteiger partial charge in [0.25, 0.3) is 5.88 Å². The molecule has 2 aliphatic heterocycles. The first-order valence-electron chi connectivity index (χ1n) is 7.69. The molecule has 1 aromatic heterocycles. The first-order valence-corrected chi connectivity index (χ1v) is 9.49. The molecule has 0 aromatic carbocycles. The lowest BCUT2D eigenvalue weighted by Crippen LogP contribution is -2.57. The molecule has 0 radical (unpaired) electrons. The number of aryl methyl sites for hydroxylation is 1. The summed E-state index contributed by atoms with van der Waals surface area (Å²) in [7, 11) is 1.59. The zero-order chi connectivity index (χ0) is 19.1. The molecule has 1 saturated heterocycles. The molecule has 0 spiro atoms. The van der Waals surface area contributed by atoms with Crippen molar-refractivity contribution in [3.05, 3.63) is 16.1 Å². The fourth-order valence-corrected chi connectivity index (χ4v) is 5.44. The van der Waals surface area contributed by atoms with Crippen molar-refractivity contribution < 1.29 is 29.0 Å². The Hall–Kier alpha value is -1.98. The molecule has 0 saturated carbocycles. The number of amides is 1. The SMILES string of the molecule is CC(=O)Oc1nn(C)cc1OC(=O)C1=C(SCCO)S[C@]2(C)CC(=O)N12. The summed E-state index contributed by atoms with van der Waals surface area (Å²) in [5, 5.41) is 13.0. The Morgan fingerprint density at radius 1 is 1.46 bits per heavy atom. The number of thioether (sulfide) groups is 2. The highest BCUT2D eigenvalue weighted by molar-refractivity contribution is 8.23. The fourth-order valence-electron chi connectivity index (χ4n) is 2.68. The fraction of sp³-hybridized carbons (Fsp3) is 0.467. The molecule has 26 heavy (non-hydrogen) atoms. The number of carbonyl (C=O) groups is 3. The van der Waals surface area contributed by atoms with Gasteiger partial charge in [-0.15, -0.1) is 16.9 Å². The van der Waals surface area contributed by atoms with Crippen molar-refractivity contribution in [1.82, 2.24) is 14.7 Å². The number of esters is 2. The van der Waals surface area contributed by atoms with Crippen molar-refractivity contribution in [2.75, 3.05) is 12.4 Å². The molecule has 0 aliphatic carbocycles. The third kappa shape index (κ3) is 3.33. The Morgan fingerprint density at radius 3 is 2.81 bits per heavy atom. The minimum absolute atomic E-state index is 0.0155. The minimum atomic E-state index is -0.740. The van der Waals surface area contributed by atoms with E-state index in [1.165, 1.54) is 46.2 Å². The van der Waals surface area contributed by atoms with Gasteiger partial charge in [0.1, 0.15) is 4.87 Å². The van der Waals surface area contributed by atoms with Crippen LogP contribution in [0.2, 0.25) is 0 Å². The van der Waals surface area contributed by atoms with Gasteiger partial charge >= 0.3 is 11.9 Å².